The first-order chi connectivity index (χ1) is 15.1. The van der Waals surface area contributed by atoms with Crippen molar-refractivity contribution < 1.29 is 19.2 Å². The Balaban J connectivity index is 1.58. The van der Waals surface area contributed by atoms with E-state index in [4.69, 9.17) is 0 Å². The minimum Gasteiger partial charge on any atom is -0.271 e. The van der Waals surface area contributed by atoms with Crippen LogP contribution in [0.25, 0.3) is 0 Å². The molecule has 154 valence electrons. The maximum atomic E-state index is 13.0. The minimum absolute atomic E-state index is 0.0948. The lowest BCUT2D eigenvalue weighted by molar-refractivity contribution is -0.125. The summed E-state index contributed by atoms with van der Waals surface area (Å²) in [6.45, 7) is 0. The summed E-state index contributed by atoms with van der Waals surface area (Å²) in [5.74, 6) is -2.40. The average molecular weight is 414 g/mol. The van der Waals surface area contributed by atoms with Crippen LogP contribution in [0.4, 0.5) is 0 Å². The topological polar surface area (TPSA) is 108 Å². The number of fused-ring (bicyclic) bond motifs is 1. The molecule has 0 saturated carbocycles. The molecule has 1 aliphatic heterocycles. The van der Waals surface area contributed by atoms with Gasteiger partial charge in [0.15, 0.2) is 0 Å². The molecule has 0 saturated heterocycles. The molecule has 1 aliphatic rings. The SMILES string of the molecule is O=C(NNC(=O)[C@@H](Cc1ccccc1)N1C(=O)c2ccccc2C1=O)c1ccccn1. The van der Waals surface area contributed by atoms with Crippen molar-refractivity contribution in [2.75, 3.05) is 0 Å². The second-order valence-corrected chi connectivity index (χ2v) is 6.89. The second kappa shape index (κ2) is 8.58. The van der Waals surface area contributed by atoms with Crippen LogP contribution in [0.3, 0.4) is 0 Å². The summed E-state index contributed by atoms with van der Waals surface area (Å²) in [5, 5.41) is 0. The molecule has 2 heterocycles. The zero-order valence-corrected chi connectivity index (χ0v) is 16.3. The monoisotopic (exact) mass is 414 g/mol. The first-order valence-electron chi connectivity index (χ1n) is 9.58. The van der Waals surface area contributed by atoms with Gasteiger partial charge < -0.3 is 0 Å². The number of hydrogen-bond acceptors (Lipinski definition) is 5. The average Bonchev–Trinajstić information content (AvgIpc) is 3.07. The molecule has 2 aromatic carbocycles. The summed E-state index contributed by atoms with van der Waals surface area (Å²) < 4.78 is 0. The fourth-order valence-electron chi connectivity index (χ4n) is 3.39. The number of nitrogens with zero attached hydrogens (tertiary/aromatic N) is 2. The maximum absolute atomic E-state index is 13.0. The lowest BCUT2D eigenvalue weighted by Gasteiger charge is -2.25. The molecule has 1 aromatic heterocycles. The Labute approximate surface area is 177 Å². The fraction of sp³-hybridized carbons (Fsp3) is 0.0870. The second-order valence-electron chi connectivity index (χ2n) is 6.89. The summed E-state index contributed by atoms with van der Waals surface area (Å²) in [6, 6.07) is 19.1. The van der Waals surface area contributed by atoms with Gasteiger partial charge in [-0.25, -0.2) is 0 Å². The highest BCUT2D eigenvalue weighted by Crippen LogP contribution is 2.26. The largest absolute Gasteiger partial charge is 0.288 e. The molecule has 0 fully saturated rings. The van der Waals surface area contributed by atoms with Crippen molar-refractivity contribution in [3.63, 3.8) is 0 Å². The van der Waals surface area contributed by atoms with Crippen molar-refractivity contribution in [2.24, 2.45) is 0 Å². The molecule has 0 unspecified atom stereocenters. The van der Waals surface area contributed by atoms with Gasteiger partial charge in [-0.1, -0.05) is 48.5 Å². The van der Waals surface area contributed by atoms with E-state index in [1.165, 1.54) is 12.3 Å². The minimum atomic E-state index is -1.15. The number of rotatable bonds is 5. The molecule has 31 heavy (non-hydrogen) atoms. The van der Waals surface area contributed by atoms with Crippen molar-refractivity contribution in [2.45, 2.75) is 12.5 Å². The maximum Gasteiger partial charge on any atom is 0.288 e. The predicted octanol–water partition coefficient (Wildman–Crippen LogP) is 1.75. The van der Waals surface area contributed by atoms with Crippen LogP contribution in [-0.2, 0) is 11.2 Å². The normalized spacial score (nSPS) is 13.5. The van der Waals surface area contributed by atoms with Crippen molar-refractivity contribution in [1.29, 1.82) is 0 Å². The first kappa shape index (κ1) is 20.0. The van der Waals surface area contributed by atoms with Gasteiger partial charge in [-0.2, -0.15) is 0 Å². The molecule has 0 bridgehead atoms. The van der Waals surface area contributed by atoms with Gasteiger partial charge in [0.05, 0.1) is 11.1 Å². The number of amides is 4. The molecule has 1 atom stereocenters. The Morgan fingerprint density at radius 3 is 2.03 bits per heavy atom. The number of nitrogens with one attached hydrogen (secondary N) is 2. The molecule has 0 radical (unpaired) electrons. The molecule has 8 nitrogen and oxygen atoms in total. The lowest BCUT2D eigenvalue weighted by atomic mass is 10.0. The third-order valence-corrected chi connectivity index (χ3v) is 4.91. The van der Waals surface area contributed by atoms with Crippen LogP contribution < -0.4 is 10.9 Å². The molecule has 2 N–H and O–H groups in total. The number of hydrogen-bond donors (Lipinski definition) is 2. The van der Waals surface area contributed by atoms with E-state index in [0.29, 0.717) is 0 Å². The van der Waals surface area contributed by atoms with E-state index in [2.05, 4.69) is 15.8 Å². The highest BCUT2D eigenvalue weighted by Gasteiger charge is 2.42. The lowest BCUT2D eigenvalue weighted by Crippen LogP contribution is -2.54. The third kappa shape index (κ3) is 4.04. The van der Waals surface area contributed by atoms with E-state index in [9.17, 15) is 19.2 Å². The predicted molar refractivity (Wildman–Crippen MR) is 111 cm³/mol. The quantitative estimate of drug-likeness (QED) is 0.488. The molecule has 3 aromatic rings. The van der Waals surface area contributed by atoms with Gasteiger partial charge in [0.1, 0.15) is 11.7 Å². The Bertz CT molecular complexity index is 1110. The summed E-state index contributed by atoms with van der Waals surface area (Å²) in [4.78, 5) is 56.0. The van der Waals surface area contributed by atoms with Gasteiger partial charge in [-0.15, -0.1) is 0 Å². The zero-order valence-electron chi connectivity index (χ0n) is 16.3. The van der Waals surface area contributed by atoms with Crippen molar-refractivity contribution >= 4 is 23.6 Å². The van der Waals surface area contributed by atoms with Crippen molar-refractivity contribution in [3.8, 4) is 0 Å². The van der Waals surface area contributed by atoms with Gasteiger partial charge in [0, 0.05) is 12.6 Å². The molecular weight excluding hydrogens is 396 g/mol. The van der Waals surface area contributed by atoms with E-state index in [0.717, 1.165) is 10.5 Å². The number of carbonyl (C=O) groups is 4. The van der Waals surface area contributed by atoms with E-state index < -0.39 is 29.7 Å². The zero-order chi connectivity index (χ0) is 21.8. The molecule has 8 heteroatoms. The number of benzene rings is 2. The first-order valence-corrected chi connectivity index (χ1v) is 9.58. The summed E-state index contributed by atoms with van der Waals surface area (Å²) in [7, 11) is 0. The molecule has 0 spiro atoms. The van der Waals surface area contributed by atoms with Gasteiger partial charge in [0.25, 0.3) is 23.6 Å². The molecular formula is C23H18N4O4. The number of hydrazine groups is 1. The van der Waals surface area contributed by atoms with Crippen molar-refractivity contribution in [3.05, 3.63) is 101 Å². The molecule has 4 amide bonds. The molecule has 4 rings (SSSR count). The van der Waals surface area contributed by atoms with Crippen LogP contribution >= 0.6 is 0 Å². The van der Waals surface area contributed by atoms with E-state index in [-0.39, 0.29) is 23.2 Å². The summed E-state index contributed by atoms with van der Waals surface area (Å²) in [6.07, 6.45) is 1.55. The third-order valence-electron chi connectivity index (χ3n) is 4.91. The van der Waals surface area contributed by atoms with Gasteiger partial charge in [0.2, 0.25) is 0 Å². The van der Waals surface area contributed by atoms with Crippen LogP contribution in [0.15, 0.2) is 79.0 Å². The van der Waals surface area contributed by atoms with E-state index >= 15 is 0 Å². The summed E-state index contributed by atoms with van der Waals surface area (Å²) >= 11 is 0. The number of carbonyl (C=O) groups excluding carboxylic acids is 4. The van der Waals surface area contributed by atoms with Crippen molar-refractivity contribution in [1.82, 2.24) is 20.7 Å². The van der Waals surface area contributed by atoms with Gasteiger partial charge >= 0.3 is 0 Å². The highest BCUT2D eigenvalue weighted by molar-refractivity contribution is 6.22. The fourth-order valence-corrected chi connectivity index (χ4v) is 3.39. The Morgan fingerprint density at radius 2 is 1.42 bits per heavy atom. The van der Waals surface area contributed by atoms with Crippen LogP contribution in [0.5, 0.6) is 0 Å². The van der Waals surface area contributed by atoms with E-state index in [1.54, 1.807) is 60.7 Å². The van der Waals surface area contributed by atoms with Crippen LogP contribution in [0.1, 0.15) is 36.8 Å². The van der Waals surface area contributed by atoms with Gasteiger partial charge in [-0.3, -0.25) is 39.9 Å². The van der Waals surface area contributed by atoms with E-state index in [1.807, 2.05) is 6.07 Å². The summed E-state index contributed by atoms with van der Waals surface area (Å²) in [5.41, 5.74) is 5.98. The van der Waals surface area contributed by atoms with Gasteiger partial charge in [-0.05, 0) is 29.8 Å². The number of aromatic nitrogens is 1. The Kier molecular flexibility index (Phi) is 5.53. The number of imide groups is 1. The molecule has 0 aliphatic carbocycles. The van der Waals surface area contributed by atoms with Crippen LogP contribution in [0.2, 0.25) is 0 Å². The standard InChI is InChI=1S/C23H18N4O4/c28-20(18-12-6-7-13-24-18)25-26-21(29)19(14-15-8-2-1-3-9-15)27-22(30)16-10-4-5-11-17(16)23(27)31/h1-13,19H,14H2,(H,25,28)(H,26,29)/t19-/m1/s1. The van der Waals surface area contributed by atoms with Crippen LogP contribution in [0, 0.1) is 0 Å². The Hall–Kier alpha value is -4.33. The Morgan fingerprint density at radius 1 is 0.806 bits per heavy atom. The van der Waals surface area contributed by atoms with Crippen LogP contribution in [-0.4, -0.2) is 39.6 Å². The smallest absolute Gasteiger partial charge is 0.271 e. The highest BCUT2D eigenvalue weighted by atomic mass is 16.2. The number of pyridine rings is 1.